The average Bonchev–Trinajstić information content (AvgIpc) is 2.89. The molecule has 5 nitrogen and oxygen atoms in total. The number of aromatic nitrogens is 1. The molecule has 1 aromatic heterocycles. The van der Waals surface area contributed by atoms with Crippen molar-refractivity contribution in [2.45, 2.75) is 39.2 Å². The molecule has 1 aliphatic rings. The largest absolute Gasteiger partial charge is 0.491 e. The highest BCUT2D eigenvalue weighted by molar-refractivity contribution is 6.08. The smallest absolute Gasteiger partial charge is 0.162 e. The number of ketones is 1. The summed E-state index contributed by atoms with van der Waals surface area (Å²) >= 11 is 0. The number of hydrogen-bond donors (Lipinski definition) is 2. The van der Waals surface area contributed by atoms with Gasteiger partial charge in [0.2, 0.25) is 0 Å². The van der Waals surface area contributed by atoms with E-state index in [1.807, 2.05) is 25.1 Å². The van der Waals surface area contributed by atoms with E-state index in [1.54, 1.807) is 6.92 Å². The summed E-state index contributed by atoms with van der Waals surface area (Å²) in [4.78, 5) is 17.4. The molecule has 0 bridgehead atoms. The van der Waals surface area contributed by atoms with Crippen molar-refractivity contribution in [1.82, 2.24) is 9.88 Å². The molecule has 1 aromatic carbocycles. The van der Waals surface area contributed by atoms with Crippen LogP contribution in [0.2, 0.25) is 0 Å². The number of H-pyrrole nitrogens is 1. The number of ether oxygens (including phenoxy) is 1. The maximum absolute atomic E-state index is 11.8. The zero-order valence-electron chi connectivity index (χ0n) is 14.5. The number of nitrogens with zero attached hydrogens (tertiary/aromatic N) is 1. The molecule has 24 heavy (non-hydrogen) atoms. The fraction of sp³-hybridized carbons (Fsp3) is 0.526. The normalized spacial score (nSPS) is 17.1. The molecule has 1 atom stereocenters. The Morgan fingerprint density at radius 1 is 1.33 bits per heavy atom. The summed E-state index contributed by atoms with van der Waals surface area (Å²) in [7, 11) is 0. The third kappa shape index (κ3) is 3.79. The van der Waals surface area contributed by atoms with Gasteiger partial charge in [0.1, 0.15) is 18.5 Å². The van der Waals surface area contributed by atoms with E-state index in [0.717, 1.165) is 29.7 Å². The highest BCUT2D eigenvalue weighted by Crippen LogP contribution is 2.27. The highest BCUT2D eigenvalue weighted by Gasteiger charge is 2.16. The van der Waals surface area contributed by atoms with Crippen LogP contribution in [0.25, 0.3) is 10.9 Å². The van der Waals surface area contributed by atoms with Gasteiger partial charge in [-0.15, -0.1) is 0 Å². The molecule has 0 aliphatic carbocycles. The molecule has 0 amide bonds. The van der Waals surface area contributed by atoms with Crippen molar-refractivity contribution >= 4 is 16.7 Å². The van der Waals surface area contributed by atoms with Gasteiger partial charge in [0.05, 0.1) is 0 Å². The van der Waals surface area contributed by atoms with Crippen LogP contribution in [0.1, 0.15) is 42.2 Å². The molecule has 0 radical (unpaired) electrons. The van der Waals surface area contributed by atoms with E-state index in [-0.39, 0.29) is 12.4 Å². The van der Waals surface area contributed by atoms with Gasteiger partial charge in [-0.05, 0) is 58.0 Å². The number of hydrogen-bond acceptors (Lipinski definition) is 4. The zero-order chi connectivity index (χ0) is 17.1. The standard InChI is InChI=1S/C19H26N2O3/c1-13-19(14(2)22)17-10-16(6-7-18(17)20-13)24-12-15(23)11-21-8-4-3-5-9-21/h6-7,10,15,20,23H,3-5,8-9,11-12H2,1-2H3/t15-/m0/s1. The van der Waals surface area contributed by atoms with Crippen molar-refractivity contribution < 1.29 is 14.6 Å². The van der Waals surface area contributed by atoms with E-state index in [2.05, 4.69) is 9.88 Å². The Balaban J connectivity index is 1.64. The number of rotatable bonds is 6. The second-order valence-corrected chi connectivity index (χ2v) is 6.71. The molecule has 1 saturated heterocycles. The van der Waals surface area contributed by atoms with Gasteiger partial charge in [0, 0.05) is 28.7 Å². The molecular formula is C19H26N2O3. The Labute approximate surface area is 142 Å². The van der Waals surface area contributed by atoms with Crippen molar-refractivity contribution in [1.29, 1.82) is 0 Å². The predicted molar refractivity (Wildman–Crippen MR) is 94.8 cm³/mol. The minimum absolute atomic E-state index is 0.0426. The number of aromatic amines is 1. The first-order valence-electron chi connectivity index (χ1n) is 8.71. The van der Waals surface area contributed by atoms with Crippen LogP contribution >= 0.6 is 0 Å². The number of carbonyl (C=O) groups excluding carboxylic acids is 1. The van der Waals surface area contributed by atoms with E-state index in [4.69, 9.17) is 4.74 Å². The Kier molecular flexibility index (Phi) is 5.21. The molecule has 1 aliphatic heterocycles. The molecule has 0 unspecified atom stereocenters. The summed E-state index contributed by atoms with van der Waals surface area (Å²) in [5.74, 6) is 0.725. The fourth-order valence-corrected chi connectivity index (χ4v) is 3.53. The molecule has 2 heterocycles. The zero-order valence-corrected chi connectivity index (χ0v) is 14.5. The monoisotopic (exact) mass is 330 g/mol. The number of aliphatic hydroxyl groups is 1. The summed E-state index contributed by atoms with van der Waals surface area (Å²) in [6.07, 6.45) is 3.21. The molecule has 1 fully saturated rings. The molecule has 3 rings (SSSR count). The number of likely N-dealkylation sites (tertiary alicyclic amines) is 1. The molecule has 0 spiro atoms. The molecular weight excluding hydrogens is 304 g/mol. The maximum atomic E-state index is 11.8. The number of aliphatic hydroxyl groups excluding tert-OH is 1. The Morgan fingerprint density at radius 3 is 2.79 bits per heavy atom. The van der Waals surface area contributed by atoms with Crippen molar-refractivity contribution in [2.24, 2.45) is 0 Å². The van der Waals surface area contributed by atoms with Crippen molar-refractivity contribution in [2.75, 3.05) is 26.2 Å². The van der Waals surface area contributed by atoms with Crippen LogP contribution in [0.4, 0.5) is 0 Å². The molecule has 130 valence electrons. The first-order chi connectivity index (χ1) is 11.5. The van der Waals surface area contributed by atoms with Gasteiger partial charge < -0.3 is 19.7 Å². The van der Waals surface area contributed by atoms with Gasteiger partial charge in [-0.1, -0.05) is 6.42 Å². The molecule has 5 heteroatoms. The van der Waals surface area contributed by atoms with Crippen molar-refractivity contribution in [3.05, 3.63) is 29.5 Å². The van der Waals surface area contributed by atoms with E-state index < -0.39 is 6.10 Å². The minimum atomic E-state index is -0.501. The first-order valence-corrected chi connectivity index (χ1v) is 8.71. The van der Waals surface area contributed by atoms with Crippen LogP contribution in [0.15, 0.2) is 18.2 Å². The van der Waals surface area contributed by atoms with E-state index in [9.17, 15) is 9.90 Å². The Morgan fingerprint density at radius 2 is 2.08 bits per heavy atom. The lowest BCUT2D eigenvalue weighted by Crippen LogP contribution is -2.38. The minimum Gasteiger partial charge on any atom is -0.491 e. The van der Waals surface area contributed by atoms with Crippen LogP contribution in [0.3, 0.4) is 0 Å². The number of benzene rings is 1. The van der Waals surface area contributed by atoms with Gasteiger partial charge in [-0.3, -0.25) is 4.79 Å². The SMILES string of the molecule is CC(=O)c1c(C)[nH]c2ccc(OC[C@@H](O)CN3CCCCC3)cc12. The molecule has 2 aromatic rings. The van der Waals surface area contributed by atoms with Crippen LogP contribution < -0.4 is 4.74 Å². The Hall–Kier alpha value is -1.85. The summed E-state index contributed by atoms with van der Waals surface area (Å²) < 4.78 is 5.76. The first kappa shape index (κ1) is 17.0. The number of nitrogens with one attached hydrogen (secondary N) is 1. The van der Waals surface area contributed by atoms with Gasteiger partial charge >= 0.3 is 0 Å². The van der Waals surface area contributed by atoms with Gasteiger partial charge in [-0.2, -0.15) is 0 Å². The second-order valence-electron chi connectivity index (χ2n) is 6.71. The lowest BCUT2D eigenvalue weighted by Gasteiger charge is -2.28. The topological polar surface area (TPSA) is 65.6 Å². The Bertz CT molecular complexity index is 717. The number of carbonyl (C=O) groups is 1. The maximum Gasteiger partial charge on any atom is 0.162 e. The van der Waals surface area contributed by atoms with E-state index in [1.165, 1.54) is 19.3 Å². The summed E-state index contributed by atoms with van der Waals surface area (Å²) in [6.45, 7) is 6.53. The molecule has 2 N–H and O–H groups in total. The quantitative estimate of drug-likeness (QED) is 0.799. The number of aryl methyl sites for hydroxylation is 1. The van der Waals surface area contributed by atoms with Crippen LogP contribution in [0, 0.1) is 6.92 Å². The lowest BCUT2D eigenvalue weighted by molar-refractivity contribution is 0.0617. The number of Topliss-reactive ketones (excluding diaryl/α,β-unsaturated/α-hetero) is 1. The summed E-state index contributed by atoms with van der Waals surface area (Å²) in [5.41, 5.74) is 2.52. The lowest BCUT2D eigenvalue weighted by atomic mass is 10.1. The number of β-amino-alcohol motifs (C(OH)–C–C–N with tert-alkyl or cyclic N) is 1. The highest BCUT2D eigenvalue weighted by atomic mass is 16.5. The third-order valence-corrected chi connectivity index (χ3v) is 4.67. The predicted octanol–water partition coefficient (Wildman–Crippen LogP) is 2.90. The third-order valence-electron chi connectivity index (χ3n) is 4.67. The molecule has 0 saturated carbocycles. The second kappa shape index (κ2) is 7.36. The van der Waals surface area contributed by atoms with Crippen molar-refractivity contribution in [3.63, 3.8) is 0 Å². The number of fused-ring (bicyclic) bond motifs is 1. The van der Waals surface area contributed by atoms with Gasteiger partial charge in [-0.25, -0.2) is 0 Å². The number of piperidine rings is 1. The summed E-state index contributed by atoms with van der Waals surface area (Å²) in [5, 5.41) is 11.1. The van der Waals surface area contributed by atoms with Crippen LogP contribution in [-0.4, -0.2) is 53.1 Å². The van der Waals surface area contributed by atoms with E-state index >= 15 is 0 Å². The van der Waals surface area contributed by atoms with Gasteiger partial charge in [0.25, 0.3) is 0 Å². The van der Waals surface area contributed by atoms with Crippen LogP contribution in [0.5, 0.6) is 5.75 Å². The van der Waals surface area contributed by atoms with Crippen LogP contribution in [-0.2, 0) is 0 Å². The average molecular weight is 330 g/mol. The fourth-order valence-electron chi connectivity index (χ4n) is 3.53. The van der Waals surface area contributed by atoms with E-state index in [0.29, 0.717) is 17.9 Å². The van der Waals surface area contributed by atoms with Crippen molar-refractivity contribution in [3.8, 4) is 5.75 Å². The van der Waals surface area contributed by atoms with Gasteiger partial charge in [0.15, 0.2) is 5.78 Å². The summed E-state index contributed by atoms with van der Waals surface area (Å²) in [6, 6.07) is 5.67.